The topological polar surface area (TPSA) is 132 Å². The molecule has 3 N–H and O–H groups in total. The van der Waals surface area contributed by atoms with Crippen LogP contribution in [-0.4, -0.2) is 87.4 Å². The molecule has 4 saturated heterocycles. The lowest BCUT2D eigenvalue weighted by atomic mass is 9.88. The highest BCUT2D eigenvalue weighted by Gasteiger charge is 2.50. The SMILES string of the molecule is O=C1NC(=O)[C@]2(CCCN(c3nc(OCC45CCCN4CCC5)nc4c3CCN(c3c(C5CC5)c(Cl)cc5[nH]ncc35)C4)C2)N1. The molecule has 0 radical (unpaired) electrons. The van der Waals surface area contributed by atoms with Gasteiger partial charge in [0.2, 0.25) is 0 Å². The Morgan fingerprint density at radius 2 is 1.84 bits per heavy atom. The van der Waals surface area contributed by atoms with Crippen molar-refractivity contribution in [1.82, 2.24) is 35.7 Å². The number of hydrogen-bond donors (Lipinski definition) is 3. The number of aromatic nitrogens is 4. The first-order chi connectivity index (χ1) is 21.9. The van der Waals surface area contributed by atoms with E-state index in [9.17, 15) is 9.59 Å². The molecule has 6 aliphatic rings. The van der Waals surface area contributed by atoms with Crippen LogP contribution in [0, 0.1) is 0 Å². The molecule has 1 spiro atoms. The maximum atomic E-state index is 12.9. The number of amides is 3. The summed E-state index contributed by atoms with van der Waals surface area (Å²) in [4.78, 5) is 42.4. The lowest BCUT2D eigenvalue weighted by molar-refractivity contribution is -0.124. The highest BCUT2D eigenvalue weighted by atomic mass is 35.5. The Labute approximate surface area is 266 Å². The predicted octanol–water partition coefficient (Wildman–Crippen LogP) is 3.63. The van der Waals surface area contributed by atoms with E-state index in [4.69, 9.17) is 26.3 Å². The first-order valence-electron chi connectivity index (χ1n) is 16.5. The molecule has 1 aliphatic carbocycles. The maximum Gasteiger partial charge on any atom is 0.322 e. The first-order valence-corrected chi connectivity index (χ1v) is 16.9. The zero-order valence-corrected chi connectivity index (χ0v) is 26.1. The Morgan fingerprint density at radius 1 is 1.02 bits per heavy atom. The van der Waals surface area contributed by atoms with Gasteiger partial charge in [-0.25, -0.2) is 4.79 Å². The minimum Gasteiger partial charge on any atom is -0.461 e. The molecule has 5 aliphatic heterocycles. The summed E-state index contributed by atoms with van der Waals surface area (Å²) in [6.07, 6.45) is 11.0. The van der Waals surface area contributed by atoms with E-state index in [2.05, 4.69) is 35.5 Å². The standard InChI is InChI=1S/C32H38ClN9O3/c33-22-14-23-21(15-34-39-23)26(25(22)19-4-5-19)40-13-6-20-24(16-40)35-30(45-18-31-7-1-11-42(31)12-2-8-31)36-27(20)41-10-3-9-32(17-41)28(43)37-29(44)38-32/h14-15,19H,1-13,16-18H2,(H,34,39)(H2,37,38,43,44)/t32-/m1/s1. The molecule has 1 atom stereocenters. The average molecular weight is 632 g/mol. The minimum atomic E-state index is -0.950. The zero-order valence-electron chi connectivity index (χ0n) is 25.3. The van der Waals surface area contributed by atoms with Crippen LogP contribution in [-0.2, 0) is 17.8 Å². The molecule has 1 aromatic carbocycles. The van der Waals surface area contributed by atoms with Gasteiger partial charge in [0.05, 0.1) is 41.7 Å². The number of imide groups is 1. The van der Waals surface area contributed by atoms with Crippen molar-refractivity contribution in [1.29, 1.82) is 0 Å². The number of carbonyl (C=O) groups is 2. The van der Waals surface area contributed by atoms with Crippen molar-refractivity contribution >= 4 is 45.9 Å². The largest absolute Gasteiger partial charge is 0.461 e. The molecule has 2 aromatic heterocycles. The summed E-state index contributed by atoms with van der Waals surface area (Å²) in [5, 5.41) is 14.7. The summed E-state index contributed by atoms with van der Waals surface area (Å²) in [5.41, 5.74) is 4.43. The number of hydrogen-bond acceptors (Lipinski definition) is 9. The van der Waals surface area contributed by atoms with Gasteiger partial charge in [0.1, 0.15) is 18.0 Å². The van der Waals surface area contributed by atoms with Crippen LogP contribution in [0.1, 0.15) is 74.1 Å². The van der Waals surface area contributed by atoms with Gasteiger partial charge >= 0.3 is 12.0 Å². The number of benzene rings is 1. The van der Waals surface area contributed by atoms with E-state index >= 15 is 0 Å². The molecule has 12 nitrogen and oxygen atoms in total. The zero-order chi connectivity index (χ0) is 30.3. The number of piperidine rings is 1. The molecular formula is C32H38ClN9O3. The highest BCUT2D eigenvalue weighted by molar-refractivity contribution is 6.33. The smallest absolute Gasteiger partial charge is 0.322 e. The van der Waals surface area contributed by atoms with Gasteiger partial charge in [-0.3, -0.25) is 20.1 Å². The van der Waals surface area contributed by atoms with Gasteiger partial charge in [0, 0.05) is 29.1 Å². The molecule has 1 saturated carbocycles. The number of H-pyrrole nitrogens is 1. The number of rotatable bonds is 6. The van der Waals surface area contributed by atoms with E-state index in [1.807, 2.05) is 12.3 Å². The van der Waals surface area contributed by atoms with E-state index in [-0.39, 0.29) is 11.4 Å². The van der Waals surface area contributed by atoms with Gasteiger partial charge in [0.15, 0.2) is 0 Å². The number of carbonyl (C=O) groups excluding carboxylic acids is 2. The Balaban J connectivity index is 1.09. The lowest BCUT2D eigenvalue weighted by Gasteiger charge is -2.41. The van der Waals surface area contributed by atoms with E-state index < -0.39 is 11.6 Å². The third-order valence-corrected chi connectivity index (χ3v) is 11.4. The summed E-state index contributed by atoms with van der Waals surface area (Å²) in [5.74, 6) is 1.02. The molecular weight excluding hydrogens is 594 g/mol. The number of fused-ring (bicyclic) bond motifs is 3. The van der Waals surface area contributed by atoms with Gasteiger partial charge < -0.3 is 19.9 Å². The van der Waals surface area contributed by atoms with Crippen molar-refractivity contribution in [3.8, 4) is 6.01 Å². The second-order valence-corrected chi connectivity index (χ2v) is 14.3. The number of ether oxygens (including phenoxy) is 1. The molecule has 7 heterocycles. The van der Waals surface area contributed by atoms with Crippen LogP contribution in [0.3, 0.4) is 0 Å². The summed E-state index contributed by atoms with van der Waals surface area (Å²) >= 11 is 6.91. The number of anilines is 2. The van der Waals surface area contributed by atoms with Crippen LogP contribution in [0.25, 0.3) is 10.9 Å². The monoisotopic (exact) mass is 631 g/mol. The molecule has 3 aromatic rings. The van der Waals surface area contributed by atoms with Gasteiger partial charge in [0.25, 0.3) is 5.91 Å². The average Bonchev–Trinajstić information content (AvgIpc) is 3.29. The van der Waals surface area contributed by atoms with Crippen LogP contribution in [0.2, 0.25) is 5.02 Å². The van der Waals surface area contributed by atoms with Crippen molar-refractivity contribution in [3.05, 3.63) is 34.1 Å². The quantitative estimate of drug-likeness (QED) is 0.349. The highest BCUT2D eigenvalue weighted by Crippen LogP contribution is 2.51. The number of nitrogens with one attached hydrogen (secondary N) is 3. The summed E-state index contributed by atoms with van der Waals surface area (Å²) in [7, 11) is 0. The molecule has 0 unspecified atom stereocenters. The summed E-state index contributed by atoms with van der Waals surface area (Å²) in [6.45, 7) is 5.31. The molecule has 3 amide bonds. The van der Waals surface area contributed by atoms with Crippen molar-refractivity contribution in [2.24, 2.45) is 0 Å². The van der Waals surface area contributed by atoms with Gasteiger partial charge in [-0.05, 0) is 88.4 Å². The van der Waals surface area contributed by atoms with Crippen molar-refractivity contribution in [3.63, 3.8) is 0 Å². The van der Waals surface area contributed by atoms with Crippen molar-refractivity contribution in [2.45, 2.75) is 81.3 Å². The third kappa shape index (κ3) is 4.46. The van der Waals surface area contributed by atoms with Crippen molar-refractivity contribution < 1.29 is 14.3 Å². The van der Waals surface area contributed by atoms with Crippen molar-refractivity contribution in [2.75, 3.05) is 49.1 Å². The van der Waals surface area contributed by atoms with Gasteiger partial charge in [-0.1, -0.05) is 11.6 Å². The molecule has 0 bridgehead atoms. The maximum absolute atomic E-state index is 12.9. The number of aromatic amines is 1. The number of nitrogens with zero attached hydrogens (tertiary/aromatic N) is 6. The molecule has 45 heavy (non-hydrogen) atoms. The minimum absolute atomic E-state index is 0.0692. The molecule has 236 valence electrons. The molecule has 13 heteroatoms. The summed E-state index contributed by atoms with van der Waals surface area (Å²) < 4.78 is 6.54. The van der Waals surface area contributed by atoms with E-state index in [0.717, 1.165) is 103 Å². The second kappa shape index (κ2) is 10.2. The first kappa shape index (κ1) is 27.7. The predicted molar refractivity (Wildman–Crippen MR) is 169 cm³/mol. The van der Waals surface area contributed by atoms with Crippen LogP contribution < -0.4 is 25.2 Å². The fourth-order valence-electron chi connectivity index (χ4n) is 8.78. The van der Waals surface area contributed by atoms with E-state index in [0.29, 0.717) is 38.0 Å². The number of halogens is 1. The fraction of sp³-hybridized carbons (Fsp3) is 0.594. The molecule has 5 fully saturated rings. The third-order valence-electron chi connectivity index (χ3n) is 11.1. The molecule has 9 rings (SSSR count). The van der Waals surface area contributed by atoms with Crippen LogP contribution in [0.4, 0.5) is 16.3 Å². The van der Waals surface area contributed by atoms with E-state index in [1.165, 1.54) is 18.4 Å². The van der Waals surface area contributed by atoms with Gasteiger partial charge in [-0.15, -0.1) is 0 Å². The van der Waals surface area contributed by atoms with Crippen LogP contribution in [0.15, 0.2) is 12.3 Å². The van der Waals surface area contributed by atoms with E-state index in [1.54, 1.807) is 0 Å². The second-order valence-electron chi connectivity index (χ2n) is 13.9. The lowest BCUT2D eigenvalue weighted by Crippen LogP contribution is -2.59. The Kier molecular flexibility index (Phi) is 6.26. The van der Waals surface area contributed by atoms with Gasteiger partial charge in [-0.2, -0.15) is 15.1 Å². The number of urea groups is 1. The van der Waals surface area contributed by atoms with Crippen LogP contribution in [0.5, 0.6) is 6.01 Å². The van der Waals surface area contributed by atoms with Crippen LogP contribution >= 0.6 is 11.6 Å². The Bertz CT molecular complexity index is 1710. The normalized spacial score (nSPS) is 26.0. The Hall–Kier alpha value is -3.64. The Morgan fingerprint density at radius 3 is 2.62 bits per heavy atom. The fourth-order valence-corrected chi connectivity index (χ4v) is 9.13. The summed E-state index contributed by atoms with van der Waals surface area (Å²) in [6, 6.07) is 1.96.